The predicted octanol–water partition coefficient (Wildman–Crippen LogP) is 2.82. The van der Waals surface area contributed by atoms with Crippen LogP contribution in [-0.4, -0.2) is 24.8 Å². The number of fused-ring (bicyclic) bond motifs is 1. The Bertz CT molecular complexity index is 877. The molecule has 0 aliphatic carbocycles. The van der Waals surface area contributed by atoms with E-state index in [2.05, 4.69) is 20.3 Å². The van der Waals surface area contributed by atoms with Crippen LogP contribution in [0, 0.1) is 6.92 Å². The average molecular weight is 283 g/mol. The zero-order chi connectivity index (χ0) is 13.5. The first kappa shape index (κ1) is 11.3. The van der Waals surface area contributed by atoms with E-state index in [1.807, 2.05) is 25.1 Å². The van der Waals surface area contributed by atoms with E-state index < -0.39 is 0 Å². The highest BCUT2D eigenvalue weighted by atomic mass is 32.1. The summed E-state index contributed by atoms with van der Waals surface area (Å²) in [6.07, 6.45) is 5.12. The topological polar surface area (TPSA) is 69.1 Å². The van der Waals surface area contributed by atoms with Crippen molar-refractivity contribution in [1.29, 1.82) is 0 Å². The Labute approximate surface area is 117 Å². The molecule has 0 amide bonds. The van der Waals surface area contributed by atoms with E-state index in [-0.39, 0.29) is 0 Å². The number of aromatic nitrogens is 5. The predicted molar refractivity (Wildman–Crippen MR) is 74.3 cm³/mol. The van der Waals surface area contributed by atoms with Gasteiger partial charge < -0.3 is 4.42 Å². The first-order valence-corrected chi connectivity index (χ1v) is 6.82. The van der Waals surface area contributed by atoms with Crippen LogP contribution >= 0.6 is 11.3 Å². The van der Waals surface area contributed by atoms with Crippen LogP contribution in [0.2, 0.25) is 0 Å². The molecule has 7 heteroatoms. The Morgan fingerprint density at radius 3 is 2.75 bits per heavy atom. The highest BCUT2D eigenvalue weighted by Crippen LogP contribution is 2.30. The van der Waals surface area contributed by atoms with Crippen LogP contribution in [-0.2, 0) is 0 Å². The normalized spacial score (nSPS) is 11.2. The fraction of sp³-hybridized carbons (Fsp3) is 0.0769. The summed E-state index contributed by atoms with van der Waals surface area (Å²) in [6.45, 7) is 1.92. The van der Waals surface area contributed by atoms with E-state index >= 15 is 0 Å². The van der Waals surface area contributed by atoms with Crippen LogP contribution in [0.4, 0.5) is 0 Å². The maximum absolute atomic E-state index is 5.32. The molecule has 4 rings (SSSR count). The second kappa shape index (κ2) is 4.24. The molecule has 20 heavy (non-hydrogen) atoms. The lowest BCUT2D eigenvalue weighted by molar-refractivity contribution is 0.535. The van der Waals surface area contributed by atoms with Gasteiger partial charge in [0.1, 0.15) is 5.76 Å². The summed E-state index contributed by atoms with van der Waals surface area (Å²) >= 11 is 1.49. The Hall–Kier alpha value is -2.54. The zero-order valence-electron chi connectivity index (χ0n) is 10.5. The van der Waals surface area contributed by atoms with Crippen molar-refractivity contribution >= 4 is 16.3 Å². The van der Waals surface area contributed by atoms with E-state index in [0.29, 0.717) is 5.82 Å². The minimum absolute atomic E-state index is 0.714. The van der Waals surface area contributed by atoms with Gasteiger partial charge in [0.2, 0.25) is 4.96 Å². The van der Waals surface area contributed by atoms with Crippen LogP contribution < -0.4 is 0 Å². The molecule has 0 saturated heterocycles. The van der Waals surface area contributed by atoms with Crippen molar-refractivity contribution in [2.24, 2.45) is 0 Å². The van der Waals surface area contributed by atoms with Gasteiger partial charge in [0.25, 0.3) is 0 Å². The van der Waals surface area contributed by atoms with Crippen molar-refractivity contribution in [2.45, 2.75) is 6.92 Å². The van der Waals surface area contributed by atoms with Gasteiger partial charge in [-0.2, -0.15) is 9.61 Å². The average Bonchev–Trinajstić information content (AvgIpc) is 3.13. The molecule has 0 aliphatic heterocycles. The zero-order valence-corrected chi connectivity index (χ0v) is 11.3. The molecule has 0 atom stereocenters. The molecule has 0 aromatic carbocycles. The molecule has 0 spiro atoms. The highest BCUT2D eigenvalue weighted by Gasteiger charge is 2.16. The summed E-state index contributed by atoms with van der Waals surface area (Å²) in [4.78, 5) is 4.76. The van der Waals surface area contributed by atoms with E-state index in [1.165, 1.54) is 11.3 Å². The van der Waals surface area contributed by atoms with E-state index in [4.69, 9.17) is 4.42 Å². The monoisotopic (exact) mass is 283 g/mol. The van der Waals surface area contributed by atoms with E-state index in [9.17, 15) is 0 Å². The van der Waals surface area contributed by atoms with E-state index in [1.54, 1.807) is 23.2 Å². The smallest absolute Gasteiger partial charge is 0.235 e. The Morgan fingerprint density at radius 1 is 1.15 bits per heavy atom. The lowest BCUT2D eigenvalue weighted by Crippen LogP contribution is -1.91. The summed E-state index contributed by atoms with van der Waals surface area (Å²) in [7, 11) is 0. The second-order valence-electron chi connectivity index (χ2n) is 4.25. The summed E-state index contributed by atoms with van der Waals surface area (Å²) in [5, 5.41) is 13.8. The Morgan fingerprint density at radius 2 is 2.00 bits per heavy atom. The van der Waals surface area contributed by atoms with Crippen molar-refractivity contribution in [2.75, 3.05) is 0 Å². The minimum Gasteiger partial charge on any atom is -0.469 e. The van der Waals surface area contributed by atoms with Crippen LogP contribution in [0.5, 0.6) is 0 Å². The van der Waals surface area contributed by atoms with Gasteiger partial charge >= 0.3 is 0 Å². The molecule has 0 fully saturated rings. The molecule has 98 valence electrons. The molecule has 0 unspecified atom stereocenters. The maximum atomic E-state index is 5.32. The molecule has 6 nitrogen and oxygen atoms in total. The van der Waals surface area contributed by atoms with Crippen LogP contribution in [0.15, 0.2) is 41.3 Å². The molecule has 4 aromatic rings. The highest BCUT2D eigenvalue weighted by molar-refractivity contribution is 7.19. The molecule has 4 aromatic heterocycles. The quantitative estimate of drug-likeness (QED) is 0.566. The third-order valence-corrected chi connectivity index (χ3v) is 3.95. The van der Waals surface area contributed by atoms with Gasteiger partial charge in [-0.3, -0.25) is 4.98 Å². The fourth-order valence-corrected chi connectivity index (χ4v) is 2.93. The van der Waals surface area contributed by atoms with Crippen molar-refractivity contribution in [3.63, 3.8) is 0 Å². The molecule has 0 bridgehead atoms. The number of hydrogen-bond acceptors (Lipinski definition) is 6. The van der Waals surface area contributed by atoms with Gasteiger partial charge in [0, 0.05) is 18.0 Å². The second-order valence-corrected chi connectivity index (χ2v) is 5.21. The van der Waals surface area contributed by atoms with Gasteiger partial charge in [-0.25, -0.2) is 0 Å². The standard InChI is InChI=1S/C13H9N5OS/c1-8-10(4-7-19-8)12-17-18-11(15-16-13(18)20-12)9-2-5-14-6-3-9/h2-7H,1H3. The SMILES string of the molecule is Cc1occc1-c1nn2c(-c3ccncc3)nnc2s1. The molecule has 0 radical (unpaired) electrons. The number of pyridine rings is 1. The summed E-state index contributed by atoms with van der Waals surface area (Å²) in [6, 6.07) is 5.68. The number of rotatable bonds is 2. The van der Waals surface area contributed by atoms with E-state index in [0.717, 1.165) is 26.9 Å². The molecular weight excluding hydrogens is 274 g/mol. The van der Waals surface area contributed by atoms with Gasteiger partial charge in [0.05, 0.1) is 11.8 Å². The van der Waals surface area contributed by atoms with Gasteiger partial charge in [0.15, 0.2) is 10.8 Å². The summed E-state index contributed by atoms with van der Waals surface area (Å²) in [5.41, 5.74) is 1.93. The first-order chi connectivity index (χ1) is 9.83. The number of nitrogens with zero attached hydrogens (tertiary/aromatic N) is 5. The maximum Gasteiger partial charge on any atom is 0.235 e. The van der Waals surface area contributed by atoms with Gasteiger partial charge in [-0.15, -0.1) is 10.2 Å². The molecule has 4 heterocycles. The third kappa shape index (κ3) is 1.64. The first-order valence-electron chi connectivity index (χ1n) is 6.00. The molecule has 0 N–H and O–H groups in total. The Kier molecular flexibility index (Phi) is 2.40. The van der Waals surface area contributed by atoms with Crippen LogP contribution in [0.1, 0.15) is 5.76 Å². The molecular formula is C13H9N5OS. The largest absolute Gasteiger partial charge is 0.469 e. The van der Waals surface area contributed by atoms with Crippen molar-refractivity contribution in [3.05, 3.63) is 42.6 Å². The van der Waals surface area contributed by atoms with Crippen molar-refractivity contribution < 1.29 is 4.42 Å². The minimum atomic E-state index is 0.714. The van der Waals surface area contributed by atoms with Crippen LogP contribution in [0.25, 0.3) is 26.9 Å². The third-order valence-electron chi connectivity index (χ3n) is 3.02. The van der Waals surface area contributed by atoms with Gasteiger partial charge in [-0.05, 0) is 25.1 Å². The summed E-state index contributed by atoms with van der Waals surface area (Å²) in [5.74, 6) is 1.56. The fourth-order valence-electron chi connectivity index (χ4n) is 2.01. The lowest BCUT2D eigenvalue weighted by Gasteiger charge is -1.95. The molecule has 0 aliphatic rings. The molecule has 0 saturated carbocycles. The Balaban J connectivity index is 1.90. The number of hydrogen-bond donors (Lipinski definition) is 0. The lowest BCUT2D eigenvalue weighted by atomic mass is 10.2. The van der Waals surface area contributed by atoms with Gasteiger partial charge in [-0.1, -0.05) is 11.3 Å². The van der Waals surface area contributed by atoms with Crippen molar-refractivity contribution in [3.8, 4) is 22.0 Å². The number of furan rings is 1. The summed E-state index contributed by atoms with van der Waals surface area (Å²) < 4.78 is 7.07. The van der Waals surface area contributed by atoms with Crippen LogP contribution in [0.3, 0.4) is 0 Å². The van der Waals surface area contributed by atoms with Crippen molar-refractivity contribution in [1.82, 2.24) is 24.8 Å². The number of aryl methyl sites for hydroxylation is 1.